The van der Waals surface area contributed by atoms with E-state index in [0.29, 0.717) is 35.4 Å². The molecule has 5 rings (SSSR count). The molecule has 0 N–H and O–H groups in total. The van der Waals surface area contributed by atoms with E-state index in [-0.39, 0.29) is 23.5 Å². The maximum atomic E-state index is 14.0. The van der Waals surface area contributed by atoms with Crippen molar-refractivity contribution in [3.63, 3.8) is 0 Å². The molecule has 1 aromatic carbocycles. The van der Waals surface area contributed by atoms with Crippen LogP contribution in [-0.4, -0.2) is 26.1 Å². The minimum atomic E-state index is -0.554. The number of carbonyl (C=O) groups is 2. The summed E-state index contributed by atoms with van der Waals surface area (Å²) in [6.07, 6.45) is 4.78. The molecule has 0 amide bonds. The van der Waals surface area contributed by atoms with E-state index < -0.39 is 5.95 Å². The molecule has 0 bridgehead atoms. The molecule has 1 aliphatic carbocycles. The number of aryl methyl sites for hydroxylation is 1. The number of fused-ring (bicyclic) bond motifs is 1. The lowest BCUT2D eigenvalue weighted by Crippen LogP contribution is -2.22. The molecule has 1 fully saturated rings. The van der Waals surface area contributed by atoms with Crippen LogP contribution < -0.4 is 0 Å². The van der Waals surface area contributed by atoms with Gasteiger partial charge in [-0.05, 0) is 74.6 Å². The van der Waals surface area contributed by atoms with Gasteiger partial charge in [-0.1, -0.05) is 19.4 Å². The fourth-order valence-electron chi connectivity index (χ4n) is 5.19. The molecule has 2 atom stereocenters. The van der Waals surface area contributed by atoms with Crippen molar-refractivity contribution in [1.82, 2.24) is 14.5 Å². The Bertz CT molecular complexity index is 1410. The molecular weight excluding hydrogens is 461 g/mol. The van der Waals surface area contributed by atoms with Crippen molar-refractivity contribution in [1.29, 1.82) is 0 Å². The predicted molar refractivity (Wildman–Crippen MR) is 137 cm³/mol. The first kappa shape index (κ1) is 23.5. The molecule has 7 heteroatoms. The maximum absolute atomic E-state index is 14.0. The minimum absolute atomic E-state index is 0.0620. The van der Waals surface area contributed by atoms with Gasteiger partial charge in [0, 0.05) is 29.3 Å². The second-order valence-electron chi connectivity index (χ2n) is 9.36. The fraction of sp³-hybridized carbons (Fsp3) is 0.357. The molecule has 3 heterocycles. The zero-order valence-electron chi connectivity index (χ0n) is 20.0. The summed E-state index contributed by atoms with van der Waals surface area (Å²) < 4.78 is 16.2. The average molecular weight is 490 g/mol. The van der Waals surface area contributed by atoms with Crippen LogP contribution in [0, 0.1) is 18.8 Å². The van der Waals surface area contributed by atoms with E-state index in [0.717, 1.165) is 41.0 Å². The van der Waals surface area contributed by atoms with Crippen LogP contribution in [0.2, 0.25) is 0 Å². The lowest BCUT2D eigenvalue weighted by Gasteiger charge is -2.31. The Labute approximate surface area is 208 Å². The number of hydrogen-bond acceptors (Lipinski definition) is 5. The van der Waals surface area contributed by atoms with E-state index in [9.17, 15) is 14.0 Å². The van der Waals surface area contributed by atoms with E-state index >= 15 is 0 Å². The molecule has 1 saturated carbocycles. The highest BCUT2D eigenvalue weighted by Crippen LogP contribution is 2.40. The van der Waals surface area contributed by atoms with Gasteiger partial charge in [-0.25, -0.2) is 9.97 Å². The third kappa shape index (κ3) is 4.82. The van der Waals surface area contributed by atoms with Crippen LogP contribution in [0.15, 0.2) is 48.5 Å². The number of carbonyl (C=O) groups excluding carboxylic acids is 2. The standard InChI is InChI=1S/C28H28FN3O2S/c1-3-24(33)19-11-12-23-22(16-19)31-28(21-8-5-9-27(29)30-21)32(23)20-7-4-6-18(14-20)15-25(34)26-13-10-17(2)35-26/h5,8-13,16,18,20H,3-4,6-7,14-15H2,1-2H3/t18-,20+/m1/s1. The summed E-state index contributed by atoms with van der Waals surface area (Å²) in [6, 6.07) is 14.4. The number of Topliss-reactive ketones (excluding diaryl/α,β-unsaturated/α-hetero) is 2. The van der Waals surface area contributed by atoms with Crippen LogP contribution in [0.3, 0.4) is 0 Å². The second kappa shape index (κ2) is 9.82. The second-order valence-corrected chi connectivity index (χ2v) is 10.6. The number of rotatable bonds is 7. The van der Waals surface area contributed by atoms with Gasteiger partial charge < -0.3 is 4.57 Å². The number of imidazole rings is 1. The Balaban J connectivity index is 1.51. The Morgan fingerprint density at radius 1 is 1.09 bits per heavy atom. The van der Waals surface area contributed by atoms with E-state index in [1.165, 1.54) is 6.07 Å². The van der Waals surface area contributed by atoms with Gasteiger partial charge in [-0.3, -0.25) is 9.59 Å². The molecule has 4 aromatic rings. The van der Waals surface area contributed by atoms with Gasteiger partial charge in [0.05, 0.1) is 15.9 Å². The molecule has 0 radical (unpaired) electrons. The van der Waals surface area contributed by atoms with Crippen LogP contribution in [0.1, 0.15) is 76.4 Å². The van der Waals surface area contributed by atoms with E-state index in [1.54, 1.807) is 23.5 Å². The molecule has 180 valence electrons. The summed E-state index contributed by atoms with van der Waals surface area (Å²) in [6.45, 7) is 3.86. The Hall–Kier alpha value is -3.19. The zero-order chi connectivity index (χ0) is 24.5. The van der Waals surface area contributed by atoms with Crippen molar-refractivity contribution in [3.05, 3.63) is 69.8 Å². The predicted octanol–water partition coefficient (Wildman–Crippen LogP) is 7.20. The molecule has 1 aliphatic rings. The van der Waals surface area contributed by atoms with Gasteiger partial charge >= 0.3 is 0 Å². The summed E-state index contributed by atoms with van der Waals surface area (Å²) in [7, 11) is 0. The number of benzene rings is 1. The molecule has 35 heavy (non-hydrogen) atoms. The van der Waals surface area contributed by atoms with Crippen LogP contribution in [0.4, 0.5) is 4.39 Å². The topological polar surface area (TPSA) is 64.8 Å². The molecule has 3 aromatic heterocycles. The van der Waals surface area contributed by atoms with Gasteiger partial charge in [0.15, 0.2) is 17.4 Å². The first-order chi connectivity index (χ1) is 16.9. The van der Waals surface area contributed by atoms with Crippen molar-refractivity contribution in [3.8, 4) is 11.5 Å². The largest absolute Gasteiger partial charge is 0.320 e. The number of hydrogen-bond donors (Lipinski definition) is 0. The number of aromatic nitrogens is 3. The summed E-state index contributed by atoms with van der Waals surface area (Å²) in [5.74, 6) is 0.592. The molecular formula is C28H28FN3O2S. The maximum Gasteiger partial charge on any atom is 0.213 e. The first-order valence-corrected chi connectivity index (χ1v) is 13.0. The molecule has 5 nitrogen and oxygen atoms in total. The van der Waals surface area contributed by atoms with Crippen molar-refractivity contribution in [2.24, 2.45) is 5.92 Å². The lowest BCUT2D eigenvalue weighted by molar-refractivity contribution is 0.0944. The number of pyridine rings is 1. The van der Waals surface area contributed by atoms with Gasteiger partial charge in [-0.2, -0.15) is 4.39 Å². The molecule has 0 aliphatic heterocycles. The summed E-state index contributed by atoms with van der Waals surface area (Å²) >= 11 is 1.56. The molecule has 0 saturated heterocycles. The highest BCUT2D eigenvalue weighted by atomic mass is 32.1. The van der Waals surface area contributed by atoms with Gasteiger partial charge in [0.25, 0.3) is 0 Å². The van der Waals surface area contributed by atoms with Crippen LogP contribution in [-0.2, 0) is 0 Å². The third-order valence-corrected chi connectivity index (χ3v) is 7.93. The molecule has 0 unspecified atom stereocenters. The van der Waals surface area contributed by atoms with Crippen LogP contribution in [0.5, 0.6) is 0 Å². The quantitative estimate of drug-likeness (QED) is 0.203. The summed E-state index contributed by atoms with van der Waals surface area (Å²) in [4.78, 5) is 36.1. The lowest BCUT2D eigenvalue weighted by atomic mass is 9.82. The highest BCUT2D eigenvalue weighted by molar-refractivity contribution is 7.14. The average Bonchev–Trinajstić information content (AvgIpc) is 3.47. The fourth-order valence-corrected chi connectivity index (χ4v) is 6.01. The molecule has 0 spiro atoms. The zero-order valence-corrected chi connectivity index (χ0v) is 20.8. The Kier molecular flexibility index (Phi) is 6.60. The number of thiophene rings is 1. The van der Waals surface area contributed by atoms with E-state index in [4.69, 9.17) is 4.98 Å². The van der Waals surface area contributed by atoms with E-state index in [2.05, 4.69) is 9.55 Å². The first-order valence-electron chi connectivity index (χ1n) is 12.2. The number of halogens is 1. The van der Waals surface area contributed by atoms with Crippen molar-refractivity contribution in [2.75, 3.05) is 0 Å². The Morgan fingerprint density at radius 3 is 2.69 bits per heavy atom. The third-order valence-electron chi connectivity index (χ3n) is 6.89. The number of ketones is 2. The van der Waals surface area contributed by atoms with Crippen molar-refractivity contribution in [2.45, 2.75) is 58.4 Å². The SMILES string of the molecule is CCC(=O)c1ccc2c(c1)nc(-c1cccc(F)n1)n2[C@H]1CCC[C@@H](CC(=O)c2ccc(C)s2)C1. The van der Waals surface area contributed by atoms with Gasteiger partial charge in [-0.15, -0.1) is 11.3 Å². The smallest absolute Gasteiger partial charge is 0.213 e. The highest BCUT2D eigenvalue weighted by Gasteiger charge is 2.29. The summed E-state index contributed by atoms with van der Waals surface area (Å²) in [5.41, 5.74) is 2.71. The van der Waals surface area contributed by atoms with Crippen molar-refractivity contribution >= 4 is 33.9 Å². The van der Waals surface area contributed by atoms with Crippen LogP contribution in [0.25, 0.3) is 22.6 Å². The van der Waals surface area contributed by atoms with Gasteiger partial charge in [0.1, 0.15) is 5.69 Å². The van der Waals surface area contributed by atoms with E-state index in [1.807, 2.05) is 44.2 Å². The van der Waals surface area contributed by atoms with Gasteiger partial charge in [0.2, 0.25) is 5.95 Å². The van der Waals surface area contributed by atoms with Crippen molar-refractivity contribution < 1.29 is 14.0 Å². The summed E-state index contributed by atoms with van der Waals surface area (Å²) in [5, 5.41) is 0. The Morgan fingerprint density at radius 2 is 1.94 bits per heavy atom. The number of nitrogens with zero attached hydrogens (tertiary/aromatic N) is 3. The van der Waals surface area contributed by atoms with Crippen LogP contribution >= 0.6 is 11.3 Å². The normalized spacial score (nSPS) is 18.1. The minimum Gasteiger partial charge on any atom is -0.320 e. The monoisotopic (exact) mass is 489 g/mol.